The second-order valence-corrected chi connectivity index (χ2v) is 4.04. The monoisotopic (exact) mass is 310 g/mol. The molecule has 0 fully saturated rings. The Labute approximate surface area is 116 Å². The van der Waals surface area contributed by atoms with Crippen LogP contribution in [0.25, 0.3) is 0 Å². The van der Waals surface area contributed by atoms with Crippen molar-refractivity contribution < 1.29 is 32.0 Å². The summed E-state index contributed by atoms with van der Waals surface area (Å²) >= 11 is 0. The van der Waals surface area contributed by atoms with E-state index in [0.717, 1.165) is 14.2 Å². The molecule has 0 aliphatic heterocycles. The molecule has 0 bridgehead atoms. The van der Waals surface area contributed by atoms with E-state index in [-0.39, 0.29) is 0 Å². The van der Waals surface area contributed by atoms with Crippen LogP contribution in [0.4, 0.5) is 28.9 Å². The first-order chi connectivity index (χ1) is 9.56. The number of nitrogens with zero attached hydrogens (tertiary/aromatic N) is 2. The van der Waals surface area contributed by atoms with Gasteiger partial charge < -0.3 is 9.64 Å². The van der Waals surface area contributed by atoms with Crippen LogP contribution in [0.1, 0.15) is 10.4 Å². The standard InChI is InChI=1S/C11H10F4N2O4/c1-16(5-11(13,14)15)8-3-6(10(18)21-2)7(12)4-9(8)17(19)20/h3-4H,5H2,1-2H3. The van der Waals surface area contributed by atoms with Gasteiger partial charge in [0.05, 0.1) is 23.7 Å². The second kappa shape index (κ2) is 5.94. The number of halogens is 4. The number of methoxy groups -OCH3 is 1. The van der Waals surface area contributed by atoms with Crippen LogP contribution in [-0.2, 0) is 4.74 Å². The predicted octanol–water partition coefficient (Wildman–Crippen LogP) is 2.52. The van der Waals surface area contributed by atoms with Gasteiger partial charge in [0.15, 0.2) is 0 Å². The summed E-state index contributed by atoms with van der Waals surface area (Å²) in [5.74, 6) is -2.40. The van der Waals surface area contributed by atoms with Crippen LogP contribution in [0.2, 0.25) is 0 Å². The number of alkyl halides is 3. The van der Waals surface area contributed by atoms with Gasteiger partial charge in [-0.05, 0) is 6.07 Å². The Morgan fingerprint density at radius 2 is 2.00 bits per heavy atom. The highest BCUT2D eigenvalue weighted by atomic mass is 19.4. The average Bonchev–Trinajstić information content (AvgIpc) is 2.35. The maximum Gasteiger partial charge on any atom is 0.405 e. The zero-order chi connectivity index (χ0) is 16.4. The van der Waals surface area contributed by atoms with Gasteiger partial charge in [-0.15, -0.1) is 0 Å². The molecule has 21 heavy (non-hydrogen) atoms. The normalized spacial score (nSPS) is 11.1. The van der Waals surface area contributed by atoms with E-state index in [2.05, 4.69) is 4.74 Å². The molecule has 6 nitrogen and oxygen atoms in total. The quantitative estimate of drug-likeness (QED) is 0.370. The summed E-state index contributed by atoms with van der Waals surface area (Å²) in [7, 11) is 1.89. The number of hydrogen-bond donors (Lipinski definition) is 0. The number of rotatable bonds is 4. The number of carbonyl (C=O) groups excluding carboxylic acids is 1. The number of anilines is 1. The summed E-state index contributed by atoms with van der Waals surface area (Å²) < 4.78 is 54.9. The number of benzene rings is 1. The number of esters is 1. The van der Waals surface area contributed by atoms with Crippen LogP contribution >= 0.6 is 0 Å². The Kier molecular flexibility index (Phi) is 4.71. The molecule has 0 spiro atoms. The number of carbonyl (C=O) groups is 1. The Hall–Kier alpha value is -2.39. The highest BCUT2D eigenvalue weighted by molar-refractivity contribution is 5.92. The van der Waals surface area contributed by atoms with Crippen molar-refractivity contribution in [3.8, 4) is 0 Å². The molecule has 0 radical (unpaired) electrons. The van der Waals surface area contributed by atoms with Crippen LogP contribution in [-0.4, -0.2) is 37.8 Å². The average molecular weight is 310 g/mol. The van der Waals surface area contributed by atoms with Crippen molar-refractivity contribution in [2.45, 2.75) is 6.18 Å². The van der Waals surface area contributed by atoms with E-state index in [0.29, 0.717) is 17.0 Å². The van der Waals surface area contributed by atoms with E-state index in [1.54, 1.807) is 0 Å². The van der Waals surface area contributed by atoms with Gasteiger partial charge in [-0.3, -0.25) is 10.1 Å². The van der Waals surface area contributed by atoms with Gasteiger partial charge in [-0.25, -0.2) is 9.18 Å². The fraction of sp³-hybridized carbons (Fsp3) is 0.364. The third kappa shape index (κ3) is 4.04. The fourth-order valence-electron chi connectivity index (χ4n) is 1.62. The van der Waals surface area contributed by atoms with E-state index in [4.69, 9.17) is 0 Å². The van der Waals surface area contributed by atoms with E-state index in [1.165, 1.54) is 0 Å². The van der Waals surface area contributed by atoms with Gasteiger partial charge in [-0.1, -0.05) is 0 Å². The summed E-state index contributed by atoms with van der Waals surface area (Å²) in [4.78, 5) is 21.6. The Balaban J connectivity index is 3.39. The first-order valence-corrected chi connectivity index (χ1v) is 5.41. The third-order valence-corrected chi connectivity index (χ3v) is 2.49. The minimum Gasteiger partial charge on any atom is -0.465 e. The van der Waals surface area contributed by atoms with Gasteiger partial charge in [-0.2, -0.15) is 13.2 Å². The van der Waals surface area contributed by atoms with Crippen molar-refractivity contribution in [2.75, 3.05) is 25.6 Å². The lowest BCUT2D eigenvalue weighted by Gasteiger charge is -2.21. The molecule has 0 aromatic heterocycles. The molecule has 0 saturated carbocycles. The molecule has 0 unspecified atom stereocenters. The van der Waals surface area contributed by atoms with Gasteiger partial charge in [0.1, 0.15) is 18.0 Å². The van der Waals surface area contributed by atoms with Crippen molar-refractivity contribution in [1.29, 1.82) is 0 Å². The lowest BCUT2D eigenvalue weighted by Crippen LogP contribution is -2.31. The molecule has 1 rings (SSSR count). The van der Waals surface area contributed by atoms with Crippen molar-refractivity contribution in [2.24, 2.45) is 0 Å². The molecule has 1 aromatic carbocycles. The Morgan fingerprint density at radius 3 is 2.43 bits per heavy atom. The van der Waals surface area contributed by atoms with Crippen molar-refractivity contribution in [3.05, 3.63) is 33.6 Å². The van der Waals surface area contributed by atoms with Crippen LogP contribution in [0.5, 0.6) is 0 Å². The van der Waals surface area contributed by atoms with Gasteiger partial charge in [0, 0.05) is 7.05 Å². The number of hydrogen-bond acceptors (Lipinski definition) is 5. The zero-order valence-corrected chi connectivity index (χ0v) is 10.9. The molecule has 0 N–H and O–H groups in total. The zero-order valence-electron chi connectivity index (χ0n) is 10.9. The SMILES string of the molecule is COC(=O)c1cc(N(C)CC(F)(F)F)c([N+](=O)[O-])cc1F. The topological polar surface area (TPSA) is 72.7 Å². The fourth-order valence-corrected chi connectivity index (χ4v) is 1.62. The molecule has 0 aliphatic rings. The molecule has 116 valence electrons. The van der Waals surface area contributed by atoms with Crippen molar-refractivity contribution in [3.63, 3.8) is 0 Å². The number of nitro groups is 1. The van der Waals surface area contributed by atoms with E-state index in [9.17, 15) is 32.5 Å². The van der Waals surface area contributed by atoms with Crippen LogP contribution in [0.15, 0.2) is 12.1 Å². The van der Waals surface area contributed by atoms with E-state index < -0.39 is 46.4 Å². The molecular formula is C11H10F4N2O4. The molecule has 0 amide bonds. The maximum absolute atomic E-state index is 13.6. The molecule has 10 heteroatoms. The number of ether oxygens (including phenoxy) is 1. The summed E-state index contributed by atoms with van der Waals surface area (Å²) in [5, 5.41) is 10.8. The lowest BCUT2D eigenvalue weighted by molar-refractivity contribution is -0.384. The first kappa shape index (κ1) is 16.7. The molecular weight excluding hydrogens is 300 g/mol. The first-order valence-electron chi connectivity index (χ1n) is 5.41. The Morgan fingerprint density at radius 1 is 1.43 bits per heavy atom. The van der Waals surface area contributed by atoms with Gasteiger partial charge in [0.25, 0.3) is 5.69 Å². The molecule has 1 aromatic rings. The molecule has 0 heterocycles. The second-order valence-electron chi connectivity index (χ2n) is 4.04. The molecule has 0 aliphatic carbocycles. The van der Waals surface area contributed by atoms with E-state index >= 15 is 0 Å². The summed E-state index contributed by atoms with van der Waals surface area (Å²) in [6, 6.07) is 1.04. The van der Waals surface area contributed by atoms with Gasteiger partial charge in [0.2, 0.25) is 0 Å². The van der Waals surface area contributed by atoms with Gasteiger partial charge >= 0.3 is 12.1 Å². The van der Waals surface area contributed by atoms with Crippen LogP contribution in [0.3, 0.4) is 0 Å². The largest absolute Gasteiger partial charge is 0.465 e. The maximum atomic E-state index is 13.6. The smallest absolute Gasteiger partial charge is 0.405 e. The highest BCUT2D eigenvalue weighted by Crippen LogP contribution is 2.32. The molecule has 0 saturated heterocycles. The lowest BCUT2D eigenvalue weighted by atomic mass is 10.1. The minimum atomic E-state index is -4.62. The Bertz CT molecular complexity index is 574. The van der Waals surface area contributed by atoms with Crippen LogP contribution in [0, 0.1) is 15.9 Å². The highest BCUT2D eigenvalue weighted by Gasteiger charge is 2.33. The van der Waals surface area contributed by atoms with Crippen molar-refractivity contribution in [1.82, 2.24) is 0 Å². The third-order valence-electron chi connectivity index (χ3n) is 2.49. The summed E-state index contributed by atoms with van der Waals surface area (Å²) in [5.41, 5.74) is -2.11. The molecule has 0 atom stereocenters. The number of nitro benzene ring substituents is 1. The van der Waals surface area contributed by atoms with E-state index in [1.807, 2.05) is 0 Å². The summed E-state index contributed by atoms with van der Waals surface area (Å²) in [6.45, 7) is -1.50. The summed E-state index contributed by atoms with van der Waals surface area (Å²) in [6.07, 6.45) is -4.62. The predicted molar refractivity (Wildman–Crippen MR) is 63.7 cm³/mol. The van der Waals surface area contributed by atoms with Crippen LogP contribution < -0.4 is 4.90 Å². The van der Waals surface area contributed by atoms with Crippen molar-refractivity contribution >= 4 is 17.3 Å². The minimum absolute atomic E-state index is 0.383.